The average Bonchev–Trinajstić information content (AvgIpc) is 3.44. The number of sulfone groups is 1. The minimum absolute atomic E-state index is 0.110. The van der Waals surface area contributed by atoms with Crippen molar-refractivity contribution < 1.29 is 18.3 Å². The van der Waals surface area contributed by atoms with Gasteiger partial charge in [-0.1, -0.05) is 53.2 Å². The number of nitrogens with one attached hydrogen (secondary N) is 1. The van der Waals surface area contributed by atoms with Gasteiger partial charge < -0.3 is 10.4 Å². The second-order valence-electron chi connectivity index (χ2n) is 19.3. The Morgan fingerprint density at radius 3 is 2.27 bits per heavy atom. The van der Waals surface area contributed by atoms with Crippen molar-refractivity contribution in [3.05, 3.63) is 23.3 Å². The fraction of sp³-hybridized carbons (Fsp3) is 0.878. The van der Waals surface area contributed by atoms with Crippen LogP contribution in [-0.4, -0.2) is 66.6 Å². The van der Waals surface area contributed by atoms with Crippen LogP contribution in [0.25, 0.3) is 0 Å². The third-order valence-corrected chi connectivity index (χ3v) is 19.6. The Balaban J connectivity index is 1.08. The van der Waals surface area contributed by atoms with E-state index in [1.165, 1.54) is 75.4 Å². The molecular formula is C41H66N2O4S. The molecule has 270 valence electrons. The van der Waals surface area contributed by atoms with E-state index in [0.717, 1.165) is 43.7 Å². The number of aliphatic carboxylic acids is 1. The molecule has 6 nitrogen and oxygen atoms in total. The van der Waals surface area contributed by atoms with E-state index in [4.69, 9.17) is 0 Å². The molecule has 1 saturated heterocycles. The van der Waals surface area contributed by atoms with Gasteiger partial charge in [0.2, 0.25) is 0 Å². The van der Waals surface area contributed by atoms with Gasteiger partial charge in [-0.3, -0.25) is 9.69 Å². The molecule has 1 aliphatic heterocycles. The smallest absolute Gasteiger partial charge is 0.306 e. The summed E-state index contributed by atoms with van der Waals surface area (Å²) in [6.07, 6.45) is 20.4. The molecule has 7 aliphatic rings. The van der Waals surface area contributed by atoms with Gasteiger partial charge in [0.25, 0.3) is 0 Å². The molecule has 5 fully saturated rings. The van der Waals surface area contributed by atoms with Crippen LogP contribution < -0.4 is 5.32 Å². The molecule has 0 radical (unpaired) electrons. The molecule has 0 aromatic carbocycles. The second kappa shape index (κ2) is 11.9. The minimum Gasteiger partial charge on any atom is -0.481 e. The Morgan fingerprint density at radius 1 is 0.875 bits per heavy atom. The molecule has 1 heterocycles. The minimum atomic E-state index is -2.99. The second-order valence-corrected chi connectivity index (χ2v) is 22.1. The largest absolute Gasteiger partial charge is 0.481 e. The number of rotatable bonds is 6. The van der Waals surface area contributed by atoms with Gasteiger partial charge in [-0.15, -0.1) is 0 Å². The van der Waals surface area contributed by atoms with Gasteiger partial charge in [0.05, 0.1) is 16.4 Å². The number of allylic oxidation sites excluding steroid dienone is 4. The lowest BCUT2D eigenvalue weighted by atomic mass is 9.33. The van der Waals surface area contributed by atoms with E-state index >= 15 is 0 Å². The van der Waals surface area contributed by atoms with Crippen molar-refractivity contribution in [2.24, 2.45) is 51.2 Å². The molecule has 7 heteroatoms. The maximum Gasteiger partial charge on any atom is 0.306 e. The summed E-state index contributed by atoms with van der Waals surface area (Å²) in [5, 5.41) is 13.2. The molecule has 0 amide bonds. The molecular weight excluding hydrogens is 617 g/mol. The molecule has 11 atom stereocenters. The van der Waals surface area contributed by atoms with E-state index in [1.807, 2.05) is 13.8 Å². The van der Waals surface area contributed by atoms with Crippen molar-refractivity contribution in [1.29, 1.82) is 0 Å². The molecule has 48 heavy (non-hydrogen) atoms. The van der Waals surface area contributed by atoms with Gasteiger partial charge in [-0.2, -0.15) is 0 Å². The Bertz CT molecular complexity index is 1450. The molecule has 0 bridgehead atoms. The highest BCUT2D eigenvalue weighted by Gasteiger charge is 2.69. The third-order valence-electron chi connectivity index (χ3n) is 17.1. The fourth-order valence-corrected chi connectivity index (χ4v) is 16.0. The third kappa shape index (κ3) is 5.11. The zero-order valence-electron chi connectivity index (χ0n) is 31.2. The topological polar surface area (TPSA) is 86.7 Å². The number of hydrogen-bond acceptors (Lipinski definition) is 5. The van der Waals surface area contributed by atoms with Gasteiger partial charge in [0.1, 0.15) is 0 Å². The monoisotopic (exact) mass is 682 g/mol. The normalized spacial score (nSPS) is 48.3. The Hall–Kier alpha value is -1.18. The van der Waals surface area contributed by atoms with E-state index < -0.39 is 15.8 Å². The van der Waals surface area contributed by atoms with Crippen molar-refractivity contribution in [2.45, 2.75) is 148 Å². The molecule has 7 rings (SSSR count). The highest BCUT2D eigenvalue weighted by atomic mass is 32.2. The van der Waals surface area contributed by atoms with Gasteiger partial charge in [-0.05, 0) is 147 Å². The maximum absolute atomic E-state index is 12.6. The molecule has 6 aliphatic carbocycles. The first kappa shape index (κ1) is 35.2. The number of carbonyl (C=O) groups is 1. The summed E-state index contributed by atoms with van der Waals surface area (Å²) >= 11 is 0. The lowest BCUT2D eigenvalue weighted by molar-refractivity contribution is -0.218. The van der Waals surface area contributed by atoms with Crippen LogP contribution in [0.2, 0.25) is 0 Å². The van der Waals surface area contributed by atoms with E-state index in [2.05, 4.69) is 57.0 Å². The molecule has 0 aromatic heterocycles. The number of hydrogen-bond donors (Lipinski definition) is 2. The van der Waals surface area contributed by atoms with Crippen molar-refractivity contribution in [1.82, 2.24) is 10.2 Å². The summed E-state index contributed by atoms with van der Waals surface area (Å²) in [7, 11) is -2.99. The number of carboxylic acid groups (broad SMARTS) is 1. The number of carboxylic acids is 1. The van der Waals surface area contributed by atoms with Crippen molar-refractivity contribution in [3.8, 4) is 0 Å². The molecule has 0 spiro atoms. The predicted molar refractivity (Wildman–Crippen MR) is 194 cm³/mol. The van der Waals surface area contributed by atoms with E-state index in [-0.39, 0.29) is 27.4 Å². The van der Waals surface area contributed by atoms with Crippen LogP contribution in [-0.2, 0) is 14.6 Å². The van der Waals surface area contributed by atoms with Crippen LogP contribution in [0.1, 0.15) is 132 Å². The number of fused-ring (bicyclic) bond motifs is 7. The van der Waals surface area contributed by atoms with Crippen LogP contribution >= 0.6 is 0 Å². The molecule has 0 aromatic rings. The zero-order valence-corrected chi connectivity index (χ0v) is 32.1. The lowest BCUT2D eigenvalue weighted by Crippen LogP contribution is -2.67. The first-order chi connectivity index (χ1) is 22.5. The van der Waals surface area contributed by atoms with Crippen molar-refractivity contribution >= 4 is 15.8 Å². The summed E-state index contributed by atoms with van der Waals surface area (Å²) in [6.45, 7) is 20.2. The Labute approximate surface area is 292 Å². The highest BCUT2D eigenvalue weighted by Crippen LogP contribution is 2.76. The van der Waals surface area contributed by atoms with Gasteiger partial charge in [0, 0.05) is 31.7 Å². The van der Waals surface area contributed by atoms with Gasteiger partial charge in [-0.25, -0.2) is 8.42 Å². The first-order valence-electron chi connectivity index (χ1n) is 19.8. The zero-order chi connectivity index (χ0) is 34.5. The highest BCUT2D eigenvalue weighted by molar-refractivity contribution is 7.92. The van der Waals surface area contributed by atoms with Gasteiger partial charge >= 0.3 is 5.97 Å². The SMILES string of the molecule is CC1CN(CCN[C@]23CCC[C@@H]2[C@H]2CCC4[C@@]5(C)CC=C(C6=CC[C@H](C(=O)O)CC6)C(C)(C)C5CC[C@@]4(C)[C@]2(C)CC3)CC(C)S1(=O)=O. The summed E-state index contributed by atoms with van der Waals surface area (Å²) in [4.78, 5) is 14.0. The van der Waals surface area contributed by atoms with Crippen LogP contribution in [0.4, 0.5) is 0 Å². The molecule has 4 saturated carbocycles. The average molecular weight is 683 g/mol. The van der Waals surface area contributed by atoms with E-state index in [9.17, 15) is 18.3 Å². The quantitative estimate of drug-likeness (QED) is 0.295. The standard InChI is InChI=1S/C41H66N2O4S/c1-27-25-43(26-28(2)48(27,46)47)24-23-42-41-18-8-9-33(41)32-14-15-35-38(5)19-16-31(29-10-12-30(13-11-29)36(44)45)37(3,4)34(38)17-20-40(35,7)39(32,6)21-22-41/h10,16,27-28,30,32-35,42H,8-9,11-15,17-26H2,1-7H3,(H,44,45)/t27?,28?,30-,32+,33+,34?,35?,38-,39+,40+,41-/m0/s1. The lowest BCUT2D eigenvalue weighted by Gasteiger charge is -2.72. The Kier molecular flexibility index (Phi) is 8.76. The summed E-state index contributed by atoms with van der Waals surface area (Å²) in [6, 6.07) is 0. The van der Waals surface area contributed by atoms with E-state index in [1.54, 1.807) is 0 Å². The fourth-order valence-electron chi connectivity index (χ4n) is 14.4. The van der Waals surface area contributed by atoms with Crippen LogP contribution in [0, 0.1) is 51.2 Å². The predicted octanol–water partition coefficient (Wildman–Crippen LogP) is 8.04. The van der Waals surface area contributed by atoms with Crippen LogP contribution in [0.3, 0.4) is 0 Å². The number of nitrogens with zero attached hydrogens (tertiary/aromatic N) is 1. The first-order valence-corrected chi connectivity index (χ1v) is 21.4. The van der Waals surface area contributed by atoms with Crippen LogP contribution in [0.5, 0.6) is 0 Å². The van der Waals surface area contributed by atoms with Crippen molar-refractivity contribution in [2.75, 3.05) is 26.2 Å². The summed E-state index contributed by atoms with van der Waals surface area (Å²) < 4.78 is 25.2. The maximum atomic E-state index is 12.6. The molecule has 2 N–H and O–H groups in total. The summed E-state index contributed by atoms with van der Waals surface area (Å²) in [5.74, 6) is 2.07. The summed E-state index contributed by atoms with van der Waals surface area (Å²) in [5.41, 5.74) is 4.35. The van der Waals surface area contributed by atoms with Crippen molar-refractivity contribution in [3.63, 3.8) is 0 Å². The molecule has 4 unspecified atom stereocenters. The Morgan fingerprint density at radius 2 is 1.60 bits per heavy atom. The van der Waals surface area contributed by atoms with Crippen LogP contribution in [0.15, 0.2) is 23.3 Å². The van der Waals surface area contributed by atoms with E-state index in [0.29, 0.717) is 41.7 Å². The van der Waals surface area contributed by atoms with Gasteiger partial charge in [0.15, 0.2) is 9.84 Å².